The molecule has 0 spiro atoms. The van der Waals surface area contributed by atoms with Crippen LogP contribution in [0.15, 0.2) is 35.5 Å². The lowest BCUT2D eigenvalue weighted by Crippen LogP contribution is -2.28. The van der Waals surface area contributed by atoms with Gasteiger partial charge in [-0.05, 0) is 26.7 Å². The molecule has 18 heavy (non-hydrogen) atoms. The number of allylic oxidation sites excluding steroid dienone is 2. The van der Waals surface area contributed by atoms with Crippen LogP contribution in [0.1, 0.15) is 33.1 Å². The number of hydrogen-bond acceptors (Lipinski definition) is 3. The summed E-state index contributed by atoms with van der Waals surface area (Å²) in [6.07, 6.45) is 5.64. The van der Waals surface area contributed by atoms with Crippen LogP contribution < -0.4 is 0 Å². The highest BCUT2D eigenvalue weighted by molar-refractivity contribution is 5.91. The van der Waals surface area contributed by atoms with E-state index in [9.17, 15) is 9.90 Å². The third-order valence-electron chi connectivity index (χ3n) is 3.70. The van der Waals surface area contributed by atoms with E-state index in [1.165, 1.54) is 5.57 Å². The summed E-state index contributed by atoms with van der Waals surface area (Å²) >= 11 is 0. The van der Waals surface area contributed by atoms with Crippen molar-refractivity contribution in [1.82, 2.24) is 0 Å². The Morgan fingerprint density at radius 3 is 2.83 bits per heavy atom. The normalized spacial score (nSPS) is 36.3. The predicted octanol–water partition coefficient (Wildman–Crippen LogP) is 2.52. The zero-order chi connectivity index (χ0) is 13.3. The quantitative estimate of drug-likeness (QED) is 0.407. The maximum atomic E-state index is 11.6. The fourth-order valence-corrected chi connectivity index (χ4v) is 2.67. The summed E-state index contributed by atoms with van der Waals surface area (Å²) in [4.78, 5) is 11.6. The molecule has 3 nitrogen and oxygen atoms in total. The highest BCUT2D eigenvalue weighted by Gasteiger charge is 2.42. The molecule has 0 radical (unpaired) electrons. The van der Waals surface area contributed by atoms with Crippen molar-refractivity contribution in [2.45, 2.75) is 45.3 Å². The van der Waals surface area contributed by atoms with Gasteiger partial charge in [-0.1, -0.05) is 29.9 Å². The minimum Gasteiger partial charge on any atom is -0.458 e. The van der Waals surface area contributed by atoms with Gasteiger partial charge in [0.25, 0.3) is 0 Å². The predicted molar refractivity (Wildman–Crippen MR) is 69.9 cm³/mol. The van der Waals surface area contributed by atoms with E-state index in [2.05, 4.69) is 12.7 Å². The van der Waals surface area contributed by atoms with Crippen LogP contribution in [0.4, 0.5) is 0 Å². The molecule has 0 saturated carbocycles. The molecule has 0 aromatic carbocycles. The number of ether oxygens (including phenoxy) is 1. The van der Waals surface area contributed by atoms with Crippen LogP contribution in [0.2, 0.25) is 0 Å². The molecule has 98 valence electrons. The Hall–Kier alpha value is -1.35. The van der Waals surface area contributed by atoms with E-state index < -0.39 is 6.10 Å². The molecule has 3 atom stereocenters. The van der Waals surface area contributed by atoms with Crippen molar-refractivity contribution in [3.63, 3.8) is 0 Å². The Kier molecular flexibility index (Phi) is 3.71. The van der Waals surface area contributed by atoms with E-state index in [4.69, 9.17) is 4.74 Å². The minimum absolute atomic E-state index is 0.279. The van der Waals surface area contributed by atoms with Crippen molar-refractivity contribution in [2.75, 3.05) is 0 Å². The molecule has 2 aliphatic rings. The number of aliphatic hydroxyl groups is 1. The van der Waals surface area contributed by atoms with Crippen molar-refractivity contribution in [3.05, 3.63) is 35.5 Å². The summed E-state index contributed by atoms with van der Waals surface area (Å²) in [6, 6.07) is 0. The van der Waals surface area contributed by atoms with E-state index in [1.807, 2.05) is 19.9 Å². The van der Waals surface area contributed by atoms with Crippen molar-refractivity contribution in [2.24, 2.45) is 5.92 Å². The number of fused-ring (bicyclic) bond motifs is 1. The van der Waals surface area contributed by atoms with Gasteiger partial charge in [-0.25, -0.2) is 4.79 Å². The van der Waals surface area contributed by atoms with Crippen molar-refractivity contribution < 1.29 is 14.6 Å². The molecule has 0 unspecified atom stereocenters. The number of aliphatic hydroxyl groups excluding tert-OH is 1. The van der Waals surface area contributed by atoms with E-state index >= 15 is 0 Å². The Morgan fingerprint density at radius 1 is 1.39 bits per heavy atom. The van der Waals surface area contributed by atoms with Gasteiger partial charge >= 0.3 is 5.97 Å². The van der Waals surface area contributed by atoms with Crippen LogP contribution in [0.3, 0.4) is 0 Å². The van der Waals surface area contributed by atoms with Crippen molar-refractivity contribution >= 4 is 5.97 Å². The third-order valence-corrected chi connectivity index (χ3v) is 3.70. The van der Waals surface area contributed by atoms with Crippen LogP contribution in [0.5, 0.6) is 0 Å². The average molecular weight is 248 g/mol. The summed E-state index contributed by atoms with van der Waals surface area (Å²) in [5.74, 6) is -0.684. The van der Waals surface area contributed by atoms with E-state index in [0.717, 1.165) is 18.4 Å². The Bertz CT molecular complexity index is 431. The standard InChI is InChI=1S/C15H20O3/c1-9-5-4-6-10(2)8-13-14(12(16)7-9)11(3)15(17)18-13/h6-7,12-14,16H,3-5,8H2,1-2H3/b9-7+,10-6?/t12-,13-,14-/m0/s1. The van der Waals surface area contributed by atoms with Gasteiger partial charge in [0, 0.05) is 12.0 Å². The van der Waals surface area contributed by atoms with Gasteiger partial charge in [0.05, 0.1) is 12.0 Å². The van der Waals surface area contributed by atoms with Crippen LogP contribution in [-0.2, 0) is 9.53 Å². The molecule has 0 aromatic heterocycles. The van der Waals surface area contributed by atoms with E-state index in [0.29, 0.717) is 12.0 Å². The molecule has 3 heteroatoms. The highest BCUT2D eigenvalue weighted by Crippen LogP contribution is 2.34. The first-order valence-electron chi connectivity index (χ1n) is 6.40. The Morgan fingerprint density at radius 2 is 2.11 bits per heavy atom. The van der Waals surface area contributed by atoms with Crippen LogP contribution >= 0.6 is 0 Å². The monoisotopic (exact) mass is 248 g/mol. The fourth-order valence-electron chi connectivity index (χ4n) is 2.67. The second-order valence-corrected chi connectivity index (χ2v) is 5.29. The molecule has 1 heterocycles. The second-order valence-electron chi connectivity index (χ2n) is 5.29. The largest absolute Gasteiger partial charge is 0.458 e. The van der Waals surface area contributed by atoms with Gasteiger partial charge in [-0.2, -0.15) is 0 Å². The number of hydrogen-bond donors (Lipinski definition) is 1. The zero-order valence-corrected chi connectivity index (χ0v) is 11.0. The summed E-state index contributed by atoms with van der Waals surface area (Å²) in [5, 5.41) is 10.3. The number of carbonyl (C=O) groups is 1. The summed E-state index contributed by atoms with van der Waals surface area (Å²) in [7, 11) is 0. The molecule has 0 amide bonds. The molecule has 1 aliphatic heterocycles. The Balaban J connectivity index is 2.32. The lowest BCUT2D eigenvalue weighted by molar-refractivity contribution is -0.139. The molecule has 0 aromatic rings. The fraction of sp³-hybridized carbons (Fsp3) is 0.533. The maximum absolute atomic E-state index is 11.6. The van der Waals surface area contributed by atoms with Gasteiger partial charge in [0.2, 0.25) is 0 Å². The van der Waals surface area contributed by atoms with Crippen LogP contribution in [0, 0.1) is 5.92 Å². The van der Waals surface area contributed by atoms with Gasteiger partial charge in [0.1, 0.15) is 6.10 Å². The number of rotatable bonds is 0. The average Bonchev–Trinajstić information content (AvgIpc) is 2.53. The van der Waals surface area contributed by atoms with Crippen LogP contribution in [0.25, 0.3) is 0 Å². The summed E-state index contributed by atoms with van der Waals surface area (Å²) in [5.41, 5.74) is 2.73. The number of carbonyl (C=O) groups excluding carboxylic acids is 1. The van der Waals surface area contributed by atoms with E-state index in [1.54, 1.807) is 0 Å². The van der Waals surface area contributed by atoms with Gasteiger partial charge in [0.15, 0.2) is 0 Å². The molecule has 1 fully saturated rings. The summed E-state index contributed by atoms with van der Waals surface area (Å²) in [6.45, 7) is 7.81. The first-order valence-corrected chi connectivity index (χ1v) is 6.40. The molecule has 1 N–H and O–H groups in total. The molecule has 0 bridgehead atoms. The van der Waals surface area contributed by atoms with Gasteiger partial charge in [-0.3, -0.25) is 0 Å². The van der Waals surface area contributed by atoms with Crippen molar-refractivity contribution in [1.29, 1.82) is 0 Å². The lowest BCUT2D eigenvalue weighted by Gasteiger charge is -2.22. The lowest BCUT2D eigenvalue weighted by atomic mass is 9.86. The van der Waals surface area contributed by atoms with Gasteiger partial charge < -0.3 is 9.84 Å². The molecule has 2 rings (SSSR count). The molecule has 1 aliphatic carbocycles. The smallest absolute Gasteiger partial charge is 0.334 e. The first kappa shape index (κ1) is 13.1. The molecular weight excluding hydrogens is 228 g/mol. The Labute approximate surface area is 108 Å². The van der Waals surface area contributed by atoms with Crippen molar-refractivity contribution in [3.8, 4) is 0 Å². The van der Waals surface area contributed by atoms with Gasteiger partial charge in [-0.15, -0.1) is 0 Å². The minimum atomic E-state index is -0.681. The van der Waals surface area contributed by atoms with Crippen LogP contribution in [-0.4, -0.2) is 23.3 Å². The zero-order valence-electron chi connectivity index (χ0n) is 11.0. The maximum Gasteiger partial charge on any atom is 0.334 e. The van der Waals surface area contributed by atoms with E-state index in [-0.39, 0.29) is 18.0 Å². The second kappa shape index (κ2) is 5.11. The summed E-state index contributed by atoms with van der Waals surface area (Å²) < 4.78 is 5.32. The molecule has 1 saturated heterocycles. The topological polar surface area (TPSA) is 46.5 Å². The SMILES string of the molecule is C=C1C(=O)O[C@H]2CC(C)=CCC/C(C)=C/[C@H](O)[C@H]12. The highest BCUT2D eigenvalue weighted by atomic mass is 16.6. The number of esters is 1. The third kappa shape index (κ3) is 2.56. The molecular formula is C15H20O3. The first-order chi connectivity index (χ1) is 8.49.